The fourth-order valence-corrected chi connectivity index (χ4v) is 5.37. The van der Waals surface area contributed by atoms with Crippen LogP contribution < -0.4 is 20.7 Å². The molecule has 2 saturated heterocycles. The number of aromatic nitrogens is 2. The Morgan fingerprint density at radius 2 is 1.86 bits per heavy atom. The van der Waals surface area contributed by atoms with Gasteiger partial charge in [-0.25, -0.2) is 9.37 Å². The van der Waals surface area contributed by atoms with E-state index in [1.165, 1.54) is 49.2 Å². The van der Waals surface area contributed by atoms with E-state index in [4.69, 9.17) is 16.3 Å². The van der Waals surface area contributed by atoms with Crippen molar-refractivity contribution >= 4 is 35.0 Å². The minimum Gasteiger partial charge on any atom is -0.494 e. The number of hydrogen-bond acceptors (Lipinski definition) is 6. The van der Waals surface area contributed by atoms with Crippen molar-refractivity contribution in [3.05, 3.63) is 64.6 Å². The van der Waals surface area contributed by atoms with E-state index < -0.39 is 17.5 Å². The van der Waals surface area contributed by atoms with Crippen LogP contribution in [-0.4, -0.2) is 72.0 Å². The highest BCUT2D eigenvalue weighted by atomic mass is 35.5. The highest BCUT2D eigenvalue weighted by Gasteiger charge is 2.29. The summed E-state index contributed by atoms with van der Waals surface area (Å²) < 4.78 is 35.0. The molecular formula is C29H31ClF2N6O4. The lowest BCUT2D eigenvalue weighted by atomic mass is 9.94. The number of nitrogens with zero attached hydrogens (tertiary/aromatic N) is 3. The zero-order valence-corrected chi connectivity index (χ0v) is 23.9. The van der Waals surface area contributed by atoms with Crippen LogP contribution in [0.2, 0.25) is 5.02 Å². The van der Waals surface area contributed by atoms with Crippen molar-refractivity contribution in [3.8, 4) is 17.0 Å². The number of amides is 3. The highest BCUT2D eigenvalue weighted by Crippen LogP contribution is 2.30. The molecule has 0 unspecified atom stereocenters. The number of methoxy groups -OCH3 is 1. The molecule has 3 heterocycles. The van der Waals surface area contributed by atoms with Gasteiger partial charge in [0, 0.05) is 62.9 Å². The van der Waals surface area contributed by atoms with Gasteiger partial charge in [0.05, 0.1) is 29.6 Å². The van der Waals surface area contributed by atoms with Crippen molar-refractivity contribution in [3.63, 3.8) is 0 Å². The molecule has 13 heteroatoms. The maximum atomic E-state index is 14.6. The molecule has 2 aliphatic heterocycles. The van der Waals surface area contributed by atoms with E-state index in [0.717, 1.165) is 13.1 Å². The molecule has 0 atom stereocenters. The molecule has 2 aliphatic rings. The van der Waals surface area contributed by atoms with Gasteiger partial charge in [-0.1, -0.05) is 11.6 Å². The third-order valence-electron chi connectivity index (χ3n) is 7.78. The van der Waals surface area contributed by atoms with E-state index in [9.17, 15) is 23.2 Å². The average Bonchev–Trinajstić information content (AvgIpc) is 3.34. The number of anilines is 1. The summed E-state index contributed by atoms with van der Waals surface area (Å²) in [6.45, 7) is 3.41. The Hall–Kier alpha value is -4.03. The van der Waals surface area contributed by atoms with Gasteiger partial charge in [-0.2, -0.15) is 4.39 Å². The molecule has 2 fully saturated rings. The van der Waals surface area contributed by atoms with Crippen molar-refractivity contribution in [2.75, 3.05) is 45.2 Å². The molecule has 222 valence electrons. The fraction of sp³-hybridized carbons (Fsp3) is 0.379. The molecule has 10 nitrogen and oxygen atoms in total. The molecule has 3 N–H and O–H groups in total. The molecule has 5 rings (SSSR count). The lowest BCUT2D eigenvalue weighted by Crippen LogP contribution is -2.50. The Kier molecular flexibility index (Phi) is 8.74. The normalized spacial score (nSPS) is 15.7. The minimum atomic E-state index is -1.14. The van der Waals surface area contributed by atoms with Gasteiger partial charge < -0.3 is 30.2 Å². The zero-order valence-electron chi connectivity index (χ0n) is 23.2. The van der Waals surface area contributed by atoms with Gasteiger partial charge in [-0.15, -0.1) is 0 Å². The van der Waals surface area contributed by atoms with Crippen LogP contribution in [0, 0.1) is 23.5 Å². The summed E-state index contributed by atoms with van der Waals surface area (Å²) in [6, 6.07) is 7.18. The molecule has 42 heavy (non-hydrogen) atoms. The van der Waals surface area contributed by atoms with Crippen LogP contribution in [0.4, 0.5) is 14.5 Å². The monoisotopic (exact) mass is 600 g/mol. The SMILES string of the molecule is COc1ccc(-c2cnc(C(=O)Nc3ccc(C(=O)N4CCC(C(=O)NCC5CNC5)CC4)c(Cl)c3)n2C)c(F)c1F. The molecule has 3 amide bonds. The van der Waals surface area contributed by atoms with Gasteiger partial charge in [0.1, 0.15) is 0 Å². The first-order valence-corrected chi connectivity index (χ1v) is 14.0. The number of halogens is 3. The Morgan fingerprint density at radius 1 is 1.12 bits per heavy atom. The zero-order chi connectivity index (χ0) is 30.0. The largest absolute Gasteiger partial charge is 0.494 e. The molecule has 1 aromatic heterocycles. The summed E-state index contributed by atoms with van der Waals surface area (Å²) in [5.74, 6) is -3.00. The number of piperidine rings is 1. The first-order valence-electron chi connectivity index (χ1n) is 13.6. The van der Waals surface area contributed by atoms with Crippen molar-refractivity contribution in [2.24, 2.45) is 18.9 Å². The second kappa shape index (κ2) is 12.5. The molecular weight excluding hydrogens is 570 g/mol. The van der Waals surface area contributed by atoms with Crippen LogP contribution in [0.3, 0.4) is 0 Å². The van der Waals surface area contributed by atoms with E-state index in [1.54, 1.807) is 11.0 Å². The van der Waals surface area contributed by atoms with Crippen LogP contribution >= 0.6 is 11.6 Å². The van der Waals surface area contributed by atoms with Gasteiger partial charge >= 0.3 is 0 Å². The molecule has 0 aliphatic carbocycles. The van der Waals surface area contributed by atoms with Crippen LogP contribution in [0.25, 0.3) is 11.3 Å². The van der Waals surface area contributed by atoms with Crippen LogP contribution in [-0.2, 0) is 11.8 Å². The van der Waals surface area contributed by atoms with E-state index >= 15 is 0 Å². The first kappa shape index (κ1) is 29.5. The third kappa shape index (κ3) is 5.95. The van der Waals surface area contributed by atoms with Crippen molar-refractivity contribution < 1.29 is 27.9 Å². The van der Waals surface area contributed by atoms with Gasteiger partial charge in [-0.3, -0.25) is 14.4 Å². The Bertz CT molecular complexity index is 1520. The van der Waals surface area contributed by atoms with Crippen molar-refractivity contribution in [1.82, 2.24) is 25.1 Å². The first-order chi connectivity index (χ1) is 20.2. The highest BCUT2D eigenvalue weighted by molar-refractivity contribution is 6.34. The minimum absolute atomic E-state index is 0.0354. The second-order valence-corrected chi connectivity index (χ2v) is 10.9. The van der Waals surface area contributed by atoms with E-state index in [-0.39, 0.29) is 51.1 Å². The standard InChI is InChI=1S/C29H31ClF2N6O4/c1-37-22(20-5-6-23(42-2)25(32)24(20)31)15-34-26(37)28(40)36-18-3-4-19(21(30)11-18)29(41)38-9-7-17(8-10-38)27(39)35-14-16-12-33-13-16/h3-6,11,15-17,33H,7-10,12-14H2,1-2H3,(H,35,39)(H,36,40). The van der Waals surface area contributed by atoms with Crippen LogP contribution in [0.1, 0.15) is 33.8 Å². The Labute approximate surface area is 246 Å². The third-order valence-corrected chi connectivity index (χ3v) is 8.09. The lowest BCUT2D eigenvalue weighted by Gasteiger charge is -2.32. The van der Waals surface area contributed by atoms with Crippen molar-refractivity contribution in [1.29, 1.82) is 0 Å². The molecule has 0 spiro atoms. The molecule has 2 aromatic carbocycles. The maximum Gasteiger partial charge on any atom is 0.291 e. The summed E-state index contributed by atoms with van der Waals surface area (Å²) in [7, 11) is 2.74. The lowest BCUT2D eigenvalue weighted by molar-refractivity contribution is -0.126. The molecule has 0 bridgehead atoms. The summed E-state index contributed by atoms with van der Waals surface area (Å²) in [4.78, 5) is 44.4. The van der Waals surface area contributed by atoms with Crippen LogP contribution in [0.15, 0.2) is 36.5 Å². The maximum absolute atomic E-state index is 14.6. The number of rotatable bonds is 8. The number of benzene rings is 2. The number of imidazole rings is 1. The number of nitrogens with one attached hydrogen (secondary N) is 3. The molecule has 3 aromatic rings. The summed E-state index contributed by atoms with van der Waals surface area (Å²) >= 11 is 6.44. The van der Waals surface area contributed by atoms with E-state index in [2.05, 4.69) is 20.9 Å². The Balaban J connectivity index is 1.20. The quantitative estimate of drug-likeness (QED) is 0.365. The van der Waals surface area contributed by atoms with Crippen LogP contribution in [0.5, 0.6) is 5.75 Å². The van der Waals surface area contributed by atoms with Gasteiger partial charge in [0.2, 0.25) is 11.7 Å². The summed E-state index contributed by atoms with van der Waals surface area (Å²) in [6.07, 6.45) is 2.42. The predicted molar refractivity (Wildman–Crippen MR) is 153 cm³/mol. The number of ether oxygens (including phenoxy) is 1. The number of carbonyl (C=O) groups is 3. The average molecular weight is 601 g/mol. The number of hydrogen-bond donors (Lipinski definition) is 3. The molecule has 0 saturated carbocycles. The van der Waals surface area contributed by atoms with E-state index in [0.29, 0.717) is 44.1 Å². The summed E-state index contributed by atoms with van der Waals surface area (Å²) in [5, 5.41) is 9.03. The topological polar surface area (TPSA) is 118 Å². The van der Waals surface area contributed by atoms with Gasteiger partial charge in [0.25, 0.3) is 11.8 Å². The summed E-state index contributed by atoms with van der Waals surface area (Å²) in [5.41, 5.74) is 0.718. The number of likely N-dealkylation sites (tertiary alicyclic amines) is 1. The predicted octanol–water partition coefficient (Wildman–Crippen LogP) is 3.47. The van der Waals surface area contributed by atoms with Gasteiger partial charge in [0.15, 0.2) is 17.4 Å². The van der Waals surface area contributed by atoms with Gasteiger partial charge in [-0.05, 0) is 43.2 Å². The second-order valence-electron chi connectivity index (χ2n) is 10.5. The smallest absolute Gasteiger partial charge is 0.291 e. The number of carbonyl (C=O) groups excluding carboxylic acids is 3. The fourth-order valence-electron chi connectivity index (χ4n) is 5.11. The van der Waals surface area contributed by atoms with E-state index in [1.807, 2.05) is 0 Å². The Morgan fingerprint density at radius 3 is 2.50 bits per heavy atom. The molecule has 0 radical (unpaired) electrons. The van der Waals surface area contributed by atoms with Crippen molar-refractivity contribution in [2.45, 2.75) is 12.8 Å².